The number of nitrogens with zero attached hydrogens (tertiary/aromatic N) is 1. The second kappa shape index (κ2) is 6.65. The van der Waals surface area contributed by atoms with Crippen molar-refractivity contribution < 1.29 is 24.2 Å². The molecule has 2 atom stereocenters. The minimum atomic E-state index is -0.832. The molecule has 0 radical (unpaired) electrons. The number of hydrogen-bond acceptors (Lipinski definition) is 4. The highest BCUT2D eigenvalue weighted by Crippen LogP contribution is 2.39. The van der Waals surface area contributed by atoms with Crippen molar-refractivity contribution in [2.24, 2.45) is 11.8 Å². The fourth-order valence-electron chi connectivity index (χ4n) is 3.64. The number of amides is 2. The monoisotopic (exact) mass is 326 g/mol. The average Bonchev–Trinajstić information content (AvgIpc) is 3.16. The fraction of sp³-hybridized carbons (Fsp3) is 0.875. The first-order valence-corrected chi connectivity index (χ1v) is 8.55. The molecule has 7 heteroatoms. The van der Waals surface area contributed by atoms with Gasteiger partial charge in [-0.05, 0) is 25.2 Å². The maximum absolute atomic E-state index is 12.1. The molecule has 2 unspecified atom stereocenters. The molecule has 2 aliphatic heterocycles. The number of likely N-dealkylation sites (tertiary alicyclic amines) is 1. The summed E-state index contributed by atoms with van der Waals surface area (Å²) in [7, 11) is 0. The zero-order valence-corrected chi connectivity index (χ0v) is 13.6. The highest BCUT2D eigenvalue weighted by Gasteiger charge is 2.43. The summed E-state index contributed by atoms with van der Waals surface area (Å²) in [6.45, 7) is 3.94. The third kappa shape index (κ3) is 3.77. The minimum Gasteiger partial charge on any atom is -0.481 e. The Labute approximate surface area is 136 Å². The highest BCUT2D eigenvalue weighted by molar-refractivity contribution is 5.77. The van der Waals surface area contributed by atoms with E-state index < -0.39 is 17.7 Å². The molecule has 0 aromatic heterocycles. The normalized spacial score (nSPS) is 37.3. The van der Waals surface area contributed by atoms with Crippen molar-refractivity contribution in [1.29, 1.82) is 0 Å². The Bertz CT molecular complexity index is 461. The van der Waals surface area contributed by atoms with Gasteiger partial charge in [-0.3, -0.25) is 4.79 Å². The zero-order valence-electron chi connectivity index (χ0n) is 13.6. The predicted molar refractivity (Wildman–Crippen MR) is 81.9 cm³/mol. The van der Waals surface area contributed by atoms with E-state index in [0.717, 1.165) is 31.6 Å². The van der Waals surface area contributed by atoms with Crippen LogP contribution in [-0.4, -0.2) is 60.1 Å². The van der Waals surface area contributed by atoms with Crippen LogP contribution in [0.2, 0.25) is 0 Å². The van der Waals surface area contributed by atoms with Crippen LogP contribution in [0.4, 0.5) is 4.79 Å². The smallest absolute Gasteiger partial charge is 0.317 e. The summed E-state index contributed by atoms with van der Waals surface area (Å²) in [6, 6.07) is -0.212. The molecule has 0 aromatic rings. The maximum atomic E-state index is 12.1. The molecule has 2 saturated heterocycles. The van der Waals surface area contributed by atoms with Gasteiger partial charge in [-0.25, -0.2) is 4.79 Å². The van der Waals surface area contributed by atoms with Crippen LogP contribution in [0.15, 0.2) is 0 Å². The molecule has 2 heterocycles. The van der Waals surface area contributed by atoms with Crippen LogP contribution in [0.3, 0.4) is 0 Å². The summed E-state index contributed by atoms with van der Waals surface area (Å²) in [5.74, 6) is -0.992. The van der Waals surface area contributed by atoms with Gasteiger partial charge in [0, 0.05) is 32.5 Å². The molecule has 3 aliphatic rings. The van der Waals surface area contributed by atoms with Gasteiger partial charge in [0.15, 0.2) is 5.79 Å². The van der Waals surface area contributed by atoms with Crippen molar-refractivity contribution >= 4 is 12.0 Å². The van der Waals surface area contributed by atoms with Crippen LogP contribution in [0, 0.1) is 11.8 Å². The van der Waals surface area contributed by atoms with Crippen LogP contribution in [0.1, 0.15) is 39.0 Å². The fourth-order valence-corrected chi connectivity index (χ4v) is 3.64. The lowest BCUT2D eigenvalue weighted by Crippen LogP contribution is -2.43. The quantitative estimate of drug-likeness (QED) is 0.819. The second-order valence-corrected chi connectivity index (χ2v) is 7.10. The second-order valence-electron chi connectivity index (χ2n) is 7.10. The predicted octanol–water partition coefficient (Wildman–Crippen LogP) is 1.42. The summed E-state index contributed by atoms with van der Waals surface area (Å²) >= 11 is 0. The van der Waals surface area contributed by atoms with Crippen molar-refractivity contribution in [3.8, 4) is 0 Å². The van der Waals surface area contributed by atoms with Gasteiger partial charge in [0.25, 0.3) is 0 Å². The molecule has 2 N–H and O–H groups in total. The number of aliphatic carboxylic acids is 1. The van der Waals surface area contributed by atoms with Crippen LogP contribution in [0.25, 0.3) is 0 Å². The van der Waals surface area contributed by atoms with Gasteiger partial charge < -0.3 is 24.8 Å². The van der Waals surface area contributed by atoms with Gasteiger partial charge in [0.1, 0.15) is 6.10 Å². The maximum Gasteiger partial charge on any atom is 0.317 e. The highest BCUT2D eigenvalue weighted by atomic mass is 16.7. The zero-order chi connectivity index (χ0) is 16.4. The van der Waals surface area contributed by atoms with E-state index in [1.165, 1.54) is 0 Å². The standard InChI is InChI=1S/C16H26N2O5/c1-11-2-5-16(6-3-11)22-10-13(23-16)8-17-15(21)18-7-4-12(9-18)14(19)20/h11-13H,2-10H2,1H3,(H,17,21)(H,19,20). The molecule has 3 fully saturated rings. The Morgan fingerprint density at radius 2 is 2.04 bits per heavy atom. The van der Waals surface area contributed by atoms with Crippen molar-refractivity contribution in [3.05, 3.63) is 0 Å². The first kappa shape index (κ1) is 16.5. The van der Waals surface area contributed by atoms with Gasteiger partial charge in [0.2, 0.25) is 0 Å². The number of hydrogen-bond donors (Lipinski definition) is 2. The molecule has 1 saturated carbocycles. The van der Waals surface area contributed by atoms with Gasteiger partial charge in [-0.15, -0.1) is 0 Å². The first-order valence-electron chi connectivity index (χ1n) is 8.55. The third-order valence-corrected chi connectivity index (χ3v) is 5.26. The van der Waals surface area contributed by atoms with E-state index in [9.17, 15) is 9.59 Å². The van der Waals surface area contributed by atoms with Crippen molar-refractivity contribution in [1.82, 2.24) is 10.2 Å². The number of carbonyl (C=O) groups excluding carboxylic acids is 1. The van der Waals surface area contributed by atoms with E-state index >= 15 is 0 Å². The number of rotatable bonds is 3. The van der Waals surface area contributed by atoms with Gasteiger partial charge in [-0.2, -0.15) is 0 Å². The number of carboxylic acid groups (broad SMARTS) is 1. The molecule has 0 aromatic carbocycles. The Hall–Kier alpha value is -1.34. The molecule has 2 amide bonds. The minimum absolute atomic E-state index is 0.120. The lowest BCUT2D eigenvalue weighted by Gasteiger charge is -2.34. The largest absolute Gasteiger partial charge is 0.481 e. The van der Waals surface area contributed by atoms with E-state index in [2.05, 4.69) is 12.2 Å². The van der Waals surface area contributed by atoms with E-state index in [0.29, 0.717) is 26.1 Å². The number of nitrogens with one attached hydrogen (secondary N) is 1. The number of carboxylic acids is 1. The molecular weight excluding hydrogens is 300 g/mol. The molecule has 1 aliphatic carbocycles. The first-order chi connectivity index (χ1) is 11.0. The molecule has 3 rings (SSSR count). The SMILES string of the molecule is CC1CCC2(CC1)OCC(CNC(=O)N1CCC(C(=O)O)C1)O2. The van der Waals surface area contributed by atoms with Crippen LogP contribution < -0.4 is 5.32 Å². The molecule has 23 heavy (non-hydrogen) atoms. The molecule has 1 spiro atoms. The lowest BCUT2D eigenvalue weighted by molar-refractivity contribution is -0.191. The van der Waals surface area contributed by atoms with E-state index in [1.54, 1.807) is 4.90 Å². The van der Waals surface area contributed by atoms with Gasteiger partial charge >= 0.3 is 12.0 Å². The van der Waals surface area contributed by atoms with Gasteiger partial charge in [-0.1, -0.05) is 6.92 Å². The Morgan fingerprint density at radius 3 is 2.70 bits per heavy atom. The van der Waals surface area contributed by atoms with E-state index in [-0.39, 0.29) is 18.7 Å². The van der Waals surface area contributed by atoms with Crippen LogP contribution in [-0.2, 0) is 14.3 Å². The third-order valence-electron chi connectivity index (χ3n) is 5.26. The van der Waals surface area contributed by atoms with Crippen LogP contribution in [0.5, 0.6) is 0 Å². The Balaban J connectivity index is 1.41. The Kier molecular flexibility index (Phi) is 4.77. The van der Waals surface area contributed by atoms with E-state index in [1.807, 2.05) is 0 Å². The lowest BCUT2D eigenvalue weighted by atomic mass is 9.86. The van der Waals surface area contributed by atoms with Gasteiger partial charge in [0.05, 0.1) is 12.5 Å². The summed E-state index contributed by atoms with van der Waals surface area (Å²) in [5, 5.41) is 11.8. The Morgan fingerprint density at radius 1 is 1.30 bits per heavy atom. The summed E-state index contributed by atoms with van der Waals surface area (Å²) < 4.78 is 11.9. The molecule has 7 nitrogen and oxygen atoms in total. The average molecular weight is 326 g/mol. The topological polar surface area (TPSA) is 88.1 Å². The molecular formula is C16H26N2O5. The number of urea groups is 1. The summed E-state index contributed by atoms with van der Waals surface area (Å²) in [5.41, 5.74) is 0. The molecule has 130 valence electrons. The van der Waals surface area contributed by atoms with Crippen molar-refractivity contribution in [2.45, 2.75) is 50.9 Å². The number of ether oxygens (including phenoxy) is 2. The molecule has 0 bridgehead atoms. The van der Waals surface area contributed by atoms with Crippen molar-refractivity contribution in [2.75, 3.05) is 26.2 Å². The van der Waals surface area contributed by atoms with Crippen LogP contribution >= 0.6 is 0 Å². The van der Waals surface area contributed by atoms with E-state index in [4.69, 9.17) is 14.6 Å². The summed E-state index contributed by atoms with van der Waals surface area (Å²) in [4.78, 5) is 24.6. The number of carbonyl (C=O) groups is 2. The van der Waals surface area contributed by atoms with Crippen molar-refractivity contribution in [3.63, 3.8) is 0 Å². The summed E-state index contributed by atoms with van der Waals surface area (Å²) in [6.07, 6.45) is 4.47.